The molecule has 0 aliphatic heterocycles. The normalized spacial score (nSPS) is 15.2. The molecule has 76 valence electrons. The molecule has 4 heteroatoms. The molecule has 0 spiro atoms. The molecule has 1 heterocycles. The van der Waals surface area contributed by atoms with E-state index < -0.39 is 0 Å². The van der Waals surface area contributed by atoms with Gasteiger partial charge in [-0.25, -0.2) is 9.97 Å². The highest BCUT2D eigenvalue weighted by Gasteiger charge is 2.15. The third kappa shape index (κ3) is 1.82. The van der Waals surface area contributed by atoms with Gasteiger partial charge in [0.2, 0.25) is 0 Å². The molecule has 1 aromatic heterocycles. The van der Waals surface area contributed by atoms with Gasteiger partial charge in [0.1, 0.15) is 11.6 Å². The molecule has 0 fully saturated rings. The van der Waals surface area contributed by atoms with Gasteiger partial charge in [0, 0.05) is 23.6 Å². The van der Waals surface area contributed by atoms with E-state index >= 15 is 0 Å². The van der Waals surface area contributed by atoms with Crippen molar-refractivity contribution in [3.63, 3.8) is 0 Å². The van der Waals surface area contributed by atoms with Crippen LogP contribution in [-0.2, 0) is 19.3 Å². The van der Waals surface area contributed by atoms with E-state index in [4.69, 9.17) is 17.3 Å². The Balaban J connectivity index is 2.36. The summed E-state index contributed by atoms with van der Waals surface area (Å²) in [5.74, 6) is 2.01. The number of anilines is 1. The van der Waals surface area contributed by atoms with Crippen molar-refractivity contribution in [2.75, 3.05) is 11.6 Å². The second-order valence-electron chi connectivity index (χ2n) is 3.60. The first-order chi connectivity index (χ1) is 6.81. The molecule has 3 nitrogen and oxygen atoms in total. The molecule has 0 saturated heterocycles. The highest BCUT2D eigenvalue weighted by atomic mass is 35.5. The van der Waals surface area contributed by atoms with Crippen molar-refractivity contribution < 1.29 is 0 Å². The zero-order valence-electron chi connectivity index (χ0n) is 8.09. The number of hydrogen-bond donors (Lipinski definition) is 1. The number of alkyl halides is 1. The molecule has 1 aliphatic carbocycles. The largest absolute Gasteiger partial charge is 0.383 e. The number of hydrogen-bond acceptors (Lipinski definition) is 3. The average Bonchev–Trinajstić information content (AvgIpc) is 2.18. The molecule has 0 aromatic carbocycles. The fourth-order valence-electron chi connectivity index (χ4n) is 1.87. The highest BCUT2D eigenvalue weighted by molar-refractivity contribution is 6.17. The van der Waals surface area contributed by atoms with Crippen LogP contribution in [0.2, 0.25) is 0 Å². The minimum atomic E-state index is 0.554. The minimum absolute atomic E-state index is 0.554. The number of nitrogens with zero attached hydrogens (tertiary/aromatic N) is 2. The second kappa shape index (κ2) is 4.13. The summed E-state index contributed by atoms with van der Waals surface area (Å²) in [6.07, 6.45) is 5.19. The first-order valence-electron chi connectivity index (χ1n) is 5.01. The number of halogens is 1. The fraction of sp³-hybridized carbons (Fsp3) is 0.600. The van der Waals surface area contributed by atoms with Crippen molar-refractivity contribution in [3.05, 3.63) is 17.1 Å². The van der Waals surface area contributed by atoms with Crippen molar-refractivity contribution in [2.45, 2.75) is 32.1 Å². The average molecular weight is 212 g/mol. The third-order valence-electron chi connectivity index (χ3n) is 2.58. The molecule has 1 aromatic rings. The van der Waals surface area contributed by atoms with Gasteiger partial charge in [0.15, 0.2) is 0 Å². The number of nitrogens with two attached hydrogens (primary N) is 1. The van der Waals surface area contributed by atoms with E-state index in [1.165, 1.54) is 12.8 Å². The van der Waals surface area contributed by atoms with Gasteiger partial charge in [-0.3, -0.25) is 0 Å². The van der Waals surface area contributed by atoms with E-state index in [1.54, 1.807) is 0 Å². The van der Waals surface area contributed by atoms with Gasteiger partial charge in [0.25, 0.3) is 0 Å². The summed E-state index contributed by atoms with van der Waals surface area (Å²) >= 11 is 5.65. The van der Waals surface area contributed by atoms with Crippen molar-refractivity contribution in [2.24, 2.45) is 0 Å². The summed E-state index contributed by atoms with van der Waals surface area (Å²) in [4.78, 5) is 8.75. The Kier molecular flexibility index (Phi) is 2.87. The van der Waals surface area contributed by atoms with E-state index in [0.29, 0.717) is 18.1 Å². The predicted octanol–water partition coefficient (Wildman–Crippen LogP) is 1.72. The van der Waals surface area contributed by atoms with Crippen LogP contribution in [-0.4, -0.2) is 15.8 Å². The van der Waals surface area contributed by atoms with Crippen molar-refractivity contribution in [1.29, 1.82) is 0 Å². The highest BCUT2D eigenvalue weighted by Crippen LogP contribution is 2.23. The van der Waals surface area contributed by atoms with Gasteiger partial charge < -0.3 is 5.73 Å². The van der Waals surface area contributed by atoms with Crippen LogP contribution in [0.5, 0.6) is 0 Å². The number of nitrogen functional groups attached to an aromatic ring is 1. The lowest BCUT2D eigenvalue weighted by Gasteiger charge is -2.16. The molecule has 0 unspecified atom stereocenters. The molecular formula is C10H14ClN3. The SMILES string of the molecule is Nc1nc(CCCl)nc2c1CCCC2. The molecule has 0 bridgehead atoms. The zero-order chi connectivity index (χ0) is 9.97. The van der Waals surface area contributed by atoms with Gasteiger partial charge in [-0.2, -0.15) is 0 Å². The smallest absolute Gasteiger partial charge is 0.132 e. The quantitative estimate of drug-likeness (QED) is 0.758. The van der Waals surface area contributed by atoms with E-state index in [1.807, 2.05) is 0 Å². The molecule has 14 heavy (non-hydrogen) atoms. The Morgan fingerprint density at radius 2 is 2.00 bits per heavy atom. The first kappa shape index (κ1) is 9.71. The Labute approximate surface area is 88.7 Å². The first-order valence-corrected chi connectivity index (χ1v) is 5.55. The number of fused-ring (bicyclic) bond motifs is 1. The van der Waals surface area contributed by atoms with E-state index in [2.05, 4.69) is 9.97 Å². The Morgan fingerprint density at radius 1 is 1.21 bits per heavy atom. The zero-order valence-corrected chi connectivity index (χ0v) is 8.85. The van der Waals surface area contributed by atoms with Gasteiger partial charge >= 0.3 is 0 Å². The number of aryl methyl sites for hydroxylation is 2. The summed E-state index contributed by atoms with van der Waals surface area (Å²) < 4.78 is 0. The molecule has 0 amide bonds. The van der Waals surface area contributed by atoms with Crippen molar-refractivity contribution >= 4 is 17.4 Å². The fourth-order valence-corrected chi connectivity index (χ4v) is 2.04. The second-order valence-corrected chi connectivity index (χ2v) is 3.97. The van der Waals surface area contributed by atoms with Gasteiger partial charge in [-0.15, -0.1) is 11.6 Å². The Hall–Kier alpha value is -0.830. The van der Waals surface area contributed by atoms with Crippen LogP contribution in [0, 0.1) is 0 Å². The Morgan fingerprint density at radius 3 is 2.79 bits per heavy atom. The summed E-state index contributed by atoms with van der Waals surface area (Å²) in [5, 5.41) is 0. The monoisotopic (exact) mass is 211 g/mol. The van der Waals surface area contributed by atoms with Crippen LogP contribution in [0.1, 0.15) is 29.9 Å². The topological polar surface area (TPSA) is 51.8 Å². The van der Waals surface area contributed by atoms with Crippen LogP contribution >= 0.6 is 11.6 Å². The molecular weight excluding hydrogens is 198 g/mol. The van der Waals surface area contributed by atoms with Gasteiger partial charge in [0.05, 0.1) is 0 Å². The number of aromatic nitrogens is 2. The predicted molar refractivity (Wildman–Crippen MR) is 57.5 cm³/mol. The van der Waals surface area contributed by atoms with Gasteiger partial charge in [-0.1, -0.05) is 0 Å². The lowest BCUT2D eigenvalue weighted by molar-refractivity contribution is 0.657. The van der Waals surface area contributed by atoms with Crippen molar-refractivity contribution in [1.82, 2.24) is 9.97 Å². The molecule has 0 saturated carbocycles. The maximum Gasteiger partial charge on any atom is 0.132 e. The van der Waals surface area contributed by atoms with Crippen LogP contribution in [0.25, 0.3) is 0 Å². The standard InChI is InChI=1S/C10H14ClN3/c11-6-5-9-13-8-4-2-1-3-7(8)10(12)14-9/h1-6H2,(H2,12,13,14). The molecule has 2 N–H and O–H groups in total. The van der Waals surface area contributed by atoms with Crippen LogP contribution < -0.4 is 5.73 Å². The van der Waals surface area contributed by atoms with Crippen molar-refractivity contribution in [3.8, 4) is 0 Å². The summed E-state index contributed by atoms with van der Waals surface area (Å²) in [6.45, 7) is 0. The molecule has 1 aliphatic rings. The third-order valence-corrected chi connectivity index (χ3v) is 2.77. The van der Waals surface area contributed by atoms with E-state index in [-0.39, 0.29) is 0 Å². The van der Waals surface area contributed by atoms with Gasteiger partial charge in [-0.05, 0) is 25.7 Å². The lowest BCUT2D eigenvalue weighted by Crippen LogP contribution is -2.13. The maximum absolute atomic E-state index is 5.88. The summed E-state index contributed by atoms with van der Waals surface area (Å²) in [7, 11) is 0. The summed E-state index contributed by atoms with van der Waals surface area (Å²) in [6, 6.07) is 0. The van der Waals surface area contributed by atoms with E-state index in [0.717, 1.165) is 29.9 Å². The van der Waals surface area contributed by atoms with E-state index in [9.17, 15) is 0 Å². The molecule has 2 rings (SSSR count). The number of rotatable bonds is 2. The molecule has 0 atom stereocenters. The van der Waals surface area contributed by atoms with Crippen LogP contribution in [0.15, 0.2) is 0 Å². The van der Waals surface area contributed by atoms with Crippen LogP contribution in [0.3, 0.4) is 0 Å². The summed E-state index contributed by atoms with van der Waals surface area (Å²) in [5.41, 5.74) is 8.18. The Bertz CT molecular complexity index is 338. The minimum Gasteiger partial charge on any atom is -0.383 e. The maximum atomic E-state index is 5.88. The lowest BCUT2D eigenvalue weighted by atomic mass is 9.96. The van der Waals surface area contributed by atoms with Crippen LogP contribution in [0.4, 0.5) is 5.82 Å². The molecule has 0 radical (unpaired) electrons.